The number of aromatic nitrogens is 3. The summed E-state index contributed by atoms with van der Waals surface area (Å²) in [6, 6.07) is 13.2. The van der Waals surface area contributed by atoms with Gasteiger partial charge < -0.3 is 14.9 Å². The Kier molecular flexibility index (Phi) is 4.19. The Morgan fingerprint density at radius 3 is 2.89 bits per heavy atom. The van der Waals surface area contributed by atoms with Crippen LogP contribution in [0.4, 0.5) is 4.39 Å². The van der Waals surface area contributed by atoms with E-state index in [0.29, 0.717) is 29.3 Å². The quantitative estimate of drug-likeness (QED) is 0.584. The van der Waals surface area contributed by atoms with Crippen LogP contribution in [0.25, 0.3) is 21.8 Å². The molecule has 2 heterocycles. The number of imidazole rings is 1. The van der Waals surface area contributed by atoms with Crippen LogP contribution in [0, 0.1) is 5.82 Å². The molecule has 6 nitrogen and oxygen atoms in total. The lowest BCUT2D eigenvalue weighted by Crippen LogP contribution is -2.28. The zero-order chi connectivity index (χ0) is 19.0. The second kappa shape index (κ2) is 6.68. The van der Waals surface area contributed by atoms with Crippen molar-refractivity contribution in [2.75, 3.05) is 6.54 Å². The normalized spacial score (nSPS) is 11.2. The number of nitrogens with one attached hydrogen (secondary N) is 2. The molecule has 0 saturated carbocycles. The lowest BCUT2D eigenvalue weighted by Gasteiger charge is -2.06. The van der Waals surface area contributed by atoms with Gasteiger partial charge in [-0.2, -0.15) is 0 Å². The fourth-order valence-electron chi connectivity index (χ4n) is 3.16. The van der Waals surface area contributed by atoms with Crippen molar-refractivity contribution in [2.45, 2.75) is 6.42 Å². The smallest absolute Gasteiger partial charge is 0.267 e. The summed E-state index contributed by atoms with van der Waals surface area (Å²) in [5.41, 5.74) is 1.33. The molecule has 0 atom stereocenters. The van der Waals surface area contributed by atoms with Crippen molar-refractivity contribution < 1.29 is 9.18 Å². The van der Waals surface area contributed by atoms with E-state index in [1.165, 1.54) is 12.1 Å². The lowest BCUT2D eigenvalue weighted by molar-refractivity contribution is 0.0949. The number of benzene rings is 2. The topological polar surface area (TPSA) is 79.8 Å². The number of halogens is 1. The Bertz CT molecular complexity index is 1230. The number of nitrogens with zero attached hydrogens (tertiary/aromatic N) is 2. The van der Waals surface area contributed by atoms with E-state index in [9.17, 15) is 14.0 Å². The van der Waals surface area contributed by atoms with Crippen molar-refractivity contribution in [2.24, 2.45) is 7.05 Å². The van der Waals surface area contributed by atoms with Crippen molar-refractivity contribution in [3.63, 3.8) is 0 Å². The van der Waals surface area contributed by atoms with Crippen LogP contribution in [0.2, 0.25) is 0 Å². The Labute approximate surface area is 153 Å². The van der Waals surface area contributed by atoms with Gasteiger partial charge in [0.05, 0.1) is 11.0 Å². The molecule has 0 aliphatic carbocycles. The summed E-state index contributed by atoms with van der Waals surface area (Å²) in [6.07, 6.45) is 0.482. The van der Waals surface area contributed by atoms with Crippen molar-refractivity contribution >= 4 is 27.7 Å². The monoisotopic (exact) mass is 364 g/mol. The fraction of sp³-hybridized carbons (Fsp3) is 0.150. The molecule has 2 aromatic heterocycles. The number of hydrogen-bond donors (Lipinski definition) is 2. The molecule has 0 unspecified atom stereocenters. The first kappa shape index (κ1) is 17.0. The van der Waals surface area contributed by atoms with Crippen LogP contribution < -0.4 is 10.9 Å². The molecule has 0 saturated heterocycles. The average Bonchev–Trinajstić information content (AvgIpc) is 2.96. The maximum absolute atomic E-state index is 13.3. The Balaban J connectivity index is 1.49. The standard InChI is InChI=1S/C20H17FN4O2/c1-25-17-7-6-13(21)11-15(17)23-18(25)8-9-22-20(27)16-10-12-4-2-3-5-14(12)19(26)24-16/h2-7,10-11H,8-9H2,1H3,(H,22,27)(H,24,26). The Hall–Kier alpha value is -3.48. The minimum absolute atomic E-state index is 0.214. The number of pyridine rings is 1. The highest BCUT2D eigenvalue weighted by Crippen LogP contribution is 2.16. The van der Waals surface area contributed by atoms with Crippen LogP contribution in [0.5, 0.6) is 0 Å². The summed E-state index contributed by atoms with van der Waals surface area (Å²) in [4.78, 5) is 31.5. The van der Waals surface area contributed by atoms with Gasteiger partial charge >= 0.3 is 0 Å². The molecular formula is C20H17FN4O2. The van der Waals surface area contributed by atoms with Crippen LogP contribution in [-0.2, 0) is 13.5 Å². The molecule has 1 amide bonds. The van der Waals surface area contributed by atoms with Crippen LogP contribution in [0.15, 0.2) is 53.3 Å². The molecule has 0 aliphatic heterocycles. The molecule has 27 heavy (non-hydrogen) atoms. The fourth-order valence-corrected chi connectivity index (χ4v) is 3.16. The SMILES string of the molecule is Cn1c(CCNC(=O)c2cc3ccccc3c(=O)[nH]2)nc2cc(F)ccc21. The number of hydrogen-bond acceptors (Lipinski definition) is 3. The van der Waals surface area contributed by atoms with E-state index in [1.54, 1.807) is 30.3 Å². The van der Waals surface area contributed by atoms with E-state index < -0.39 is 0 Å². The van der Waals surface area contributed by atoms with Crippen molar-refractivity contribution in [1.82, 2.24) is 19.9 Å². The number of carbonyl (C=O) groups excluding carboxylic acids is 1. The van der Waals surface area contributed by atoms with Gasteiger partial charge in [-0.1, -0.05) is 18.2 Å². The molecule has 2 N–H and O–H groups in total. The largest absolute Gasteiger partial charge is 0.350 e. The van der Waals surface area contributed by atoms with Gasteiger partial charge in [0.2, 0.25) is 0 Å². The predicted octanol–water partition coefficient (Wildman–Crippen LogP) is 2.53. The predicted molar refractivity (Wildman–Crippen MR) is 101 cm³/mol. The summed E-state index contributed by atoms with van der Waals surface area (Å²) in [5.74, 6) is 0.0475. The molecule has 7 heteroatoms. The number of aromatic amines is 1. The summed E-state index contributed by atoms with van der Waals surface area (Å²) in [6.45, 7) is 0.341. The summed E-state index contributed by atoms with van der Waals surface area (Å²) in [7, 11) is 1.85. The first-order valence-corrected chi connectivity index (χ1v) is 8.54. The zero-order valence-electron chi connectivity index (χ0n) is 14.6. The van der Waals surface area contributed by atoms with E-state index in [0.717, 1.165) is 11.3 Å². The van der Waals surface area contributed by atoms with Crippen molar-refractivity contribution in [3.8, 4) is 0 Å². The molecule has 136 valence electrons. The van der Waals surface area contributed by atoms with Crippen LogP contribution in [0.1, 0.15) is 16.3 Å². The third-order valence-electron chi connectivity index (χ3n) is 4.57. The molecular weight excluding hydrogens is 347 g/mol. The highest BCUT2D eigenvalue weighted by Gasteiger charge is 2.11. The molecule has 4 rings (SSSR count). The summed E-state index contributed by atoms with van der Waals surface area (Å²) in [5, 5.41) is 4.04. The molecule has 0 radical (unpaired) electrons. The maximum Gasteiger partial charge on any atom is 0.267 e. The van der Waals surface area contributed by atoms with Gasteiger partial charge in [0.25, 0.3) is 11.5 Å². The molecule has 0 spiro atoms. The zero-order valence-corrected chi connectivity index (χ0v) is 14.6. The van der Waals surface area contributed by atoms with E-state index in [4.69, 9.17) is 0 Å². The number of rotatable bonds is 4. The molecule has 2 aromatic carbocycles. The van der Waals surface area contributed by atoms with Gasteiger partial charge in [-0.3, -0.25) is 9.59 Å². The summed E-state index contributed by atoms with van der Waals surface area (Å²) >= 11 is 0. The Morgan fingerprint density at radius 2 is 2.04 bits per heavy atom. The van der Waals surface area contributed by atoms with E-state index >= 15 is 0 Å². The second-order valence-corrected chi connectivity index (χ2v) is 6.33. The van der Waals surface area contributed by atoms with Crippen LogP contribution in [0.3, 0.4) is 0 Å². The first-order valence-electron chi connectivity index (χ1n) is 8.54. The van der Waals surface area contributed by atoms with Gasteiger partial charge in [0.1, 0.15) is 17.3 Å². The molecule has 4 aromatic rings. The van der Waals surface area contributed by atoms with Gasteiger partial charge in [0.15, 0.2) is 0 Å². The molecule has 0 fully saturated rings. The lowest BCUT2D eigenvalue weighted by atomic mass is 10.1. The number of fused-ring (bicyclic) bond motifs is 2. The minimum atomic E-state index is -0.359. The summed E-state index contributed by atoms with van der Waals surface area (Å²) < 4.78 is 15.2. The van der Waals surface area contributed by atoms with Gasteiger partial charge in [0, 0.05) is 31.5 Å². The first-order chi connectivity index (χ1) is 13.0. The number of carbonyl (C=O) groups is 1. The van der Waals surface area contributed by atoms with Crippen molar-refractivity contribution in [3.05, 3.63) is 76.2 Å². The van der Waals surface area contributed by atoms with Gasteiger partial charge in [-0.25, -0.2) is 9.37 Å². The minimum Gasteiger partial charge on any atom is -0.350 e. The number of amides is 1. The Morgan fingerprint density at radius 1 is 1.22 bits per heavy atom. The average molecular weight is 364 g/mol. The second-order valence-electron chi connectivity index (χ2n) is 6.33. The number of H-pyrrole nitrogens is 1. The highest BCUT2D eigenvalue weighted by atomic mass is 19.1. The third-order valence-corrected chi connectivity index (χ3v) is 4.57. The number of aryl methyl sites for hydroxylation is 1. The highest BCUT2D eigenvalue weighted by molar-refractivity contribution is 5.96. The van der Waals surface area contributed by atoms with E-state index in [1.807, 2.05) is 17.7 Å². The van der Waals surface area contributed by atoms with Gasteiger partial charge in [-0.15, -0.1) is 0 Å². The van der Waals surface area contributed by atoms with Crippen molar-refractivity contribution in [1.29, 1.82) is 0 Å². The molecule has 0 bridgehead atoms. The van der Waals surface area contributed by atoms with E-state index in [2.05, 4.69) is 15.3 Å². The van der Waals surface area contributed by atoms with Crippen LogP contribution >= 0.6 is 0 Å². The van der Waals surface area contributed by atoms with E-state index in [-0.39, 0.29) is 23.0 Å². The maximum atomic E-state index is 13.3. The third kappa shape index (κ3) is 3.19. The van der Waals surface area contributed by atoms with Crippen LogP contribution in [-0.4, -0.2) is 27.0 Å². The van der Waals surface area contributed by atoms with Gasteiger partial charge in [-0.05, 0) is 29.7 Å². The molecule has 0 aliphatic rings.